The van der Waals surface area contributed by atoms with Gasteiger partial charge in [0.2, 0.25) is 0 Å². The van der Waals surface area contributed by atoms with Crippen LogP contribution in [0.2, 0.25) is 0 Å². The van der Waals surface area contributed by atoms with E-state index in [1.807, 2.05) is 30.5 Å². The smallest absolute Gasteiger partial charge is 0.252 e. The third-order valence-electron chi connectivity index (χ3n) is 5.67. The van der Waals surface area contributed by atoms with Crippen LogP contribution in [0.15, 0.2) is 29.2 Å². The molecule has 2 nitrogen and oxygen atoms in total. The highest BCUT2D eigenvalue weighted by atomic mass is 32.2. The van der Waals surface area contributed by atoms with Gasteiger partial charge in [0.1, 0.15) is 0 Å². The van der Waals surface area contributed by atoms with E-state index in [1.54, 1.807) is 11.8 Å². The van der Waals surface area contributed by atoms with Gasteiger partial charge in [-0.3, -0.25) is 4.79 Å². The number of hydrogen-bond donors (Lipinski definition) is 1. The van der Waals surface area contributed by atoms with Crippen LogP contribution >= 0.6 is 11.8 Å². The highest BCUT2D eigenvalue weighted by molar-refractivity contribution is 7.98. The topological polar surface area (TPSA) is 29.1 Å². The van der Waals surface area contributed by atoms with Crippen molar-refractivity contribution in [3.8, 4) is 0 Å². The molecule has 0 radical (unpaired) electrons. The van der Waals surface area contributed by atoms with Gasteiger partial charge in [-0.15, -0.1) is 11.8 Å². The van der Waals surface area contributed by atoms with Crippen LogP contribution in [0.4, 0.5) is 0 Å². The standard InChI is InChI=1S/C26H45NOS/c1-3-4-5-6-7-8-9-10-11-12-13-14-15-16-17-20-23-27-26(28)24-21-18-19-22-25(24)29-2/h18-19,21-22H,3-17,20,23H2,1-2H3,(H,27,28). The number of thioether (sulfide) groups is 1. The minimum Gasteiger partial charge on any atom is -0.352 e. The van der Waals surface area contributed by atoms with Crippen LogP contribution in [0.25, 0.3) is 0 Å². The van der Waals surface area contributed by atoms with E-state index in [0.29, 0.717) is 0 Å². The first-order chi connectivity index (χ1) is 14.3. The summed E-state index contributed by atoms with van der Waals surface area (Å²) in [6, 6.07) is 7.84. The summed E-state index contributed by atoms with van der Waals surface area (Å²) in [6.07, 6.45) is 24.0. The summed E-state index contributed by atoms with van der Waals surface area (Å²) in [6.45, 7) is 3.08. The van der Waals surface area contributed by atoms with E-state index in [4.69, 9.17) is 0 Å². The normalized spacial score (nSPS) is 11.0. The minimum atomic E-state index is 0.0657. The molecule has 0 aromatic heterocycles. The molecular weight excluding hydrogens is 374 g/mol. The summed E-state index contributed by atoms with van der Waals surface area (Å²) in [5.41, 5.74) is 0.802. The van der Waals surface area contributed by atoms with Gasteiger partial charge in [-0.05, 0) is 24.8 Å². The second-order valence-corrected chi connectivity index (χ2v) is 9.11. The molecule has 3 heteroatoms. The summed E-state index contributed by atoms with van der Waals surface area (Å²) in [7, 11) is 0. The molecular formula is C26H45NOS. The van der Waals surface area contributed by atoms with E-state index in [9.17, 15) is 4.79 Å². The molecule has 1 N–H and O–H groups in total. The molecule has 166 valence electrons. The van der Waals surface area contributed by atoms with Gasteiger partial charge in [-0.1, -0.05) is 115 Å². The molecule has 0 bridgehead atoms. The molecule has 0 fully saturated rings. The van der Waals surface area contributed by atoms with Crippen molar-refractivity contribution in [1.29, 1.82) is 0 Å². The van der Waals surface area contributed by atoms with Crippen molar-refractivity contribution < 1.29 is 4.79 Å². The second kappa shape index (κ2) is 19.0. The lowest BCUT2D eigenvalue weighted by atomic mass is 10.0. The fraction of sp³-hybridized carbons (Fsp3) is 0.731. The van der Waals surface area contributed by atoms with Crippen LogP contribution in [-0.4, -0.2) is 18.7 Å². The van der Waals surface area contributed by atoms with Crippen LogP contribution in [0.1, 0.15) is 120 Å². The number of unbranched alkanes of at least 4 members (excludes halogenated alkanes) is 15. The monoisotopic (exact) mass is 419 g/mol. The Labute approximate surface area is 185 Å². The second-order valence-electron chi connectivity index (χ2n) is 8.26. The molecule has 29 heavy (non-hydrogen) atoms. The lowest BCUT2D eigenvalue weighted by Gasteiger charge is -2.08. The fourth-order valence-corrected chi connectivity index (χ4v) is 4.40. The molecule has 0 saturated heterocycles. The Morgan fingerprint density at radius 2 is 1.17 bits per heavy atom. The minimum absolute atomic E-state index is 0.0657. The number of hydrogen-bond acceptors (Lipinski definition) is 2. The van der Waals surface area contributed by atoms with E-state index in [-0.39, 0.29) is 5.91 Å². The molecule has 1 aromatic carbocycles. The predicted octanol–water partition coefficient (Wildman–Crippen LogP) is 8.40. The largest absolute Gasteiger partial charge is 0.352 e. The highest BCUT2D eigenvalue weighted by Gasteiger charge is 2.09. The number of benzene rings is 1. The molecule has 1 rings (SSSR count). The fourth-order valence-electron chi connectivity index (χ4n) is 3.80. The molecule has 1 amide bonds. The maximum atomic E-state index is 12.3. The Bertz CT molecular complexity index is 517. The van der Waals surface area contributed by atoms with Crippen molar-refractivity contribution in [2.75, 3.05) is 12.8 Å². The maximum absolute atomic E-state index is 12.3. The summed E-state index contributed by atoms with van der Waals surface area (Å²) < 4.78 is 0. The zero-order chi connectivity index (χ0) is 21.0. The molecule has 0 aliphatic heterocycles. The Kier molecular flexibility index (Phi) is 17.1. The van der Waals surface area contributed by atoms with Crippen LogP contribution in [0, 0.1) is 0 Å². The van der Waals surface area contributed by atoms with E-state index < -0.39 is 0 Å². The van der Waals surface area contributed by atoms with Gasteiger partial charge in [-0.2, -0.15) is 0 Å². The first-order valence-corrected chi connectivity index (χ1v) is 13.4. The maximum Gasteiger partial charge on any atom is 0.252 e. The summed E-state index contributed by atoms with van der Waals surface area (Å²) >= 11 is 1.63. The van der Waals surface area contributed by atoms with Crippen LogP contribution in [0.3, 0.4) is 0 Å². The highest BCUT2D eigenvalue weighted by Crippen LogP contribution is 2.19. The van der Waals surface area contributed by atoms with Gasteiger partial charge in [-0.25, -0.2) is 0 Å². The summed E-state index contributed by atoms with van der Waals surface area (Å²) in [5.74, 6) is 0.0657. The molecule has 0 aliphatic carbocycles. The van der Waals surface area contributed by atoms with Gasteiger partial charge >= 0.3 is 0 Å². The predicted molar refractivity (Wildman–Crippen MR) is 130 cm³/mol. The number of nitrogens with one attached hydrogen (secondary N) is 1. The quantitative estimate of drug-likeness (QED) is 0.180. The zero-order valence-corrected chi connectivity index (χ0v) is 20.0. The van der Waals surface area contributed by atoms with Crippen LogP contribution in [0.5, 0.6) is 0 Å². The SMILES string of the molecule is CCCCCCCCCCCCCCCCCCNC(=O)c1ccccc1SC. The van der Waals surface area contributed by atoms with Crippen molar-refractivity contribution >= 4 is 17.7 Å². The molecule has 0 saturated carbocycles. The lowest BCUT2D eigenvalue weighted by Crippen LogP contribution is -2.24. The Hall–Kier alpha value is -0.960. The van der Waals surface area contributed by atoms with Crippen molar-refractivity contribution in [2.24, 2.45) is 0 Å². The summed E-state index contributed by atoms with van der Waals surface area (Å²) in [4.78, 5) is 13.3. The van der Waals surface area contributed by atoms with Gasteiger partial charge in [0.25, 0.3) is 5.91 Å². The van der Waals surface area contributed by atoms with Crippen molar-refractivity contribution in [3.63, 3.8) is 0 Å². The molecule has 0 unspecified atom stereocenters. The van der Waals surface area contributed by atoms with Crippen molar-refractivity contribution in [3.05, 3.63) is 29.8 Å². The van der Waals surface area contributed by atoms with E-state index in [1.165, 1.54) is 96.3 Å². The Morgan fingerprint density at radius 1 is 0.724 bits per heavy atom. The van der Waals surface area contributed by atoms with E-state index in [0.717, 1.165) is 23.4 Å². The van der Waals surface area contributed by atoms with Gasteiger partial charge in [0.05, 0.1) is 5.56 Å². The van der Waals surface area contributed by atoms with Crippen LogP contribution < -0.4 is 5.32 Å². The summed E-state index contributed by atoms with van der Waals surface area (Å²) in [5, 5.41) is 3.07. The molecule has 0 spiro atoms. The molecule has 0 heterocycles. The average molecular weight is 420 g/mol. The first-order valence-electron chi connectivity index (χ1n) is 12.2. The van der Waals surface area contributed by atoms with Crippen LogP contribution in [-0.2, 0) is 0 Å². The number of carbonyl (C=O) groups excluding carboxylic acids is 1. The van der Waals surface area contributed by atoms with Gasteiger partial charge in [0.15, 0.2) is 0 Å². The number of rotatable bonds is 19. The third kappa shape index (κ3) is 13.8. The number of amides is 1. The molecule has 1 aromatic rings. The van der Waals surface area contributed by atoms with E-state index >= 15 is 0 Å². The van der Waals surface area contributed by atoms with Gasteiger partial charge in [0, 0.05) is 11.4 Å². The Balaban J connectivity index is 1.84. The van der Waals surface area contributed by atoms with Gasteiger partial charge < -0.3 is 5.32 Å². The lowest BCUT2D eigenvalue weighted by molar-refractivity contribution is 0.0950. The number of carbonyl (C=O) groups is 1. The Morgan fingerprint density at radius 3 is 1.66 bits per heavy atom. The first kappa shape index (κ1) is 26.1. The average Bonchev–Trinajstić information content (AvgIpc) is 2.75. The molecule has 0 aliphatic rings. The third-order valence-corrected chi connectivity index (χ3v) is 6.46. The van der Waals surface area contributed by atoms with Crippen molar-refractivity contribution in [1.82, 2.24) is 5.32 Å². The zero-order valence-electron chi connectivity index (χ0n) is 19.1. The van der Waals surface area contributed by atoms with Crippen molar-refractivity contribution in [2.45, 2.75) is 115 Å². The van der Waals surface area contributed by atoms with E-state index in [2.05, 4.69) is 12.2 Å². The molecule has 0 atom stereocenters.